The van der Waals surface area contributed by atoms with Gasteiger partial charge in [0.05, 0.1) is 6.10 Å². The highest BCUT2D eigenvalue weighted by atomic mass is 31.0. The highest BCUT2D eigenvalue weighted by Crippen LogP contribution is 2.17. The molecule has 1 fully saturated rings. The molecule has 58 valence electrons. The minimum absolute atomic E-state index is 0.0454. The molecular weight excluding hydrogens is 149 g/mol. The summed E-state index contributed by atoms with van der Waals surface area (Å²) in [5, 5.41) is 9.20. The van der Waals surface area contributed by atoms with Crippen molar-refractivity contribution in [2.75, 3.05) is 13.1 Å². The van der Waals surface area contributed by atoms with Crippen molar-refractivity contribution in [2.24, 2.45) is 0 Å². The summed E-state index contributed by atoms with van der Waals surface area (Å²) in [6.45, 7) is 2.68. The Hall–Kier alpha value is -0.140. The average molecular weight is 161 g/mol. The minimum atomic E-state index is -0.353. The number of amides is 1. The zero-order valence-electron chi connectivity index (χ0n) is 5.95. The van der Waals surface area contributed by atoms with Crippen molar-refractivity contribution in [1.82, 2.24) is 4.90 Å². The van der Waals surface area contributed by atoms with Gasteiger partial charge < -0.3 is 10.0 Å². The maximum atomic E-state index is 10.7. The number of carbonyl (C=O) groups is 1. The topological polar surface area (TPSA) is 40.5 Å². The molecule has 0 aromatic carbocycles. The number of nitrogens with zero attached hydrogens (tertiary/aromatic N) is 1. The van der Waals surface area contributed by atoms with Crippen LogP contribution in [0.25, 0.3) is 0 Å². The van der Waals surface area contributed by atoms with Crippen molar-refractivity contribution in [3.05, 3.63) is 0 Å². The molecule has 0 saturated carbocycles. The van der Waals surface area contributed by atoms with E-state index in [-0.39, 0.29) is 17.7 Å². The molecule has 0 bridgehead atoms. The molecule has 0 aromatic rings. The third-order valence-corrected chi connectivity index (χ3v) is 2.43. The van der Waals surface area contributed by atoms with Crippen LogP contribution < -0.4 is 0 Å². The second-order valence-corrected chi connectivity index (χ2v) is 3.51. The molecule has 1 N–H and O–H groups in total. The summed E-state index contributed by atoms with van der Waals surface area (Å²) < 4.78 is 0. The van der Waals surface area contributed by atoms with E-state index in [9.17, 15) is 9.90 Å². The van der Waals surface area contributed by atoms with Crippen molar-refractivity contribution >= 4 is 15.1 Å². The number of aliphatic hydroxyl groups is 1. The zero-order valence-corrected chi connectivity index (χ0v) is 7.10. The fraction of sp³-hybridized carbons (Fsp3) is 0.833. The van der Waals surface area contributed by atoms with Crippen molar-refractivity contribution < 1.29 is 9.90 Å². The van der Waals surface area contributed by atoms with E-state index in [4.69, 9.17) is 0 Å². The quantitative estimate of drug-likeness (QED) is 0.484. The van der Waals surface area contributed by atoms with Gasteiger partial charge in [-0.15, -0.1) is 9.24 Å². The Morgan fingerprint density at radius 1 is 1.70 bits per heavy atom. The Morgan fingerprint density at radius 2 is 2.30 bits per heavy atom. The lowest BCUT2D eigenvalue weighted by Crippen LogP contribution is -2.26. The van der Waals surface area contributed by atoms with Crippen molar-refractivity contribution in [1.29, 1.82) is 0 Å². The standard InChI is InChI=1S/C6H12NO2P/c1-4(8)7-2-5(9)6(10)3-7/h5-6,9H,2-3,10H2,1H3/t5-,6?/m1/s1. The smallest absolute Gasteiger partial charge is 0.219 e. The monoisotopic (exact) mass is 161 g/mol. The lowest BCUT2D eigenvalue weighted by molar-refractivity contribution is -0.128. The van der Waals surface area contributed by atoms with Gasteiger partial charge in [-0.3, -0.25) is 4.79 Å². The molecule has 3 nitrogen and oxygen atoms in total. The minimum Gasteiger partial charge on any atom is -0.391 e. The maximum absolute atomic E-state index is 10.7. The summed E-state index contributed by atoms with van der Waals surface area (Å²) in [6, 6.07) is 0. The van der Waals surface area contributed by atoms with Crippen LogP contribution in [0, 0.1) is 0 Å². The third kappa shape index (κ3) is 1.47. The molecule has 1 aliphatic rings. The Morgan fingerprint density at radius 3 is 2.50 bits per heavy atom. The Bertz CT molecular complexity index is 141. The summed E-state index contributed by atoms with van der Waals surface area (Å²) in [7, 11) is 2.54. The van der Waals surface area contributed by atoms with Crippen LogP contribution in [-0.4, -0.2) is 40.8 Å². The number of aliphatic hydroxyl groups excluding tert-OH is 1. The van der Waals surface area contributed by atoms with Crippen LogP contribution in [0.1, 0.15) is 6.92 Å². The van der Waals surface area contributed by atoms with E-state index >= 15 is 0 Å². The van der Waals surface area contributed by atoms with Crippen LogP contribution in [0.4, 0.5) is 0 Å². The molecule has 1 amide bonds. The number of carbonyl (C=O) groups excluding carboxylic acids is 1. The van der Waals surface area contributed by atoms with Gasteiger partial charge in [0.2, 0.25) is 5.91 Å². The van der Waals surface area contributed by atoms with Gasteiger partial charge in [-0.05, 0) is 0 Å². The third-order valence-electron chi connectivity index (χ3n) is 1.78. The van der Waals surface area contributed by atoms with E-state index in [1.165, 1.54) is 6.92 Å². The molecule has 4 heteroatoms. The molecule has 0 radical (unpaired) electrons. The van der Waals surface area contributed by atoms with Crippen LogP contribution in [0.2, 0.25) is 0 Å². The highest BCUT2D eigenvalue weighted by Gasteiger charge is 2.28. The van der Waals surface area contributed by atoms with Gasteiger partial charge in [-0.2, -0.15) is 0 Å². The van der Waals surface area contributed by atoms with E-state index in [0.29, 0.717) is 13.1 Å². The van der Waals surface area contributed by atoms with E-state index in [1.54, 1.807) is 4.90 Å². The van der Waals surface area contributed by atoms with Crippen LogP contribution in [0.5, 0.6) is 0 Å². The molecule has 0 spiro atoms. The number of hydrogen-bond donors (Lipinski definition) is 1. The predicted molar refractivity (Wildman–Crippen MR) is 41.8 cm³/mol. The lowest BCUT2D eigenvalue weighted by atomic mass is 10.3. The summed E-state index contributed by atoms with van der Waals surface area (Å²) in [4.78, 5) is 12.4. The van der Waals surface area contributed by atoms with E-state index in [1.807, 2.05) is 0 Å². The first kappa shape index (κ1) is 7.96. The number of hydrogen-bond acceptors (Lipinski definition) is 2. The van der Waals surface area contributed by atoms with Crippen LogP contribution in [0.3, 0.4) is 0 Å². The van der Waals surface area contributed by atoms with Gasteiger partial charge >= 0.3 is 0 Å². The first-order valence-corrected chi connectivity index (χ1v) is 3.97. The fourth-order valence-electron chi connectivity index (χ4n) is 1.07. The van der Waals surface area contributed by atoms with Crippen molar-refractivity contribution in [2.45, 2.75) is 18.7 Å². The average Bonchev–Trinajstić information content (AvgIpc) is 2.13. The second kappa shape index (κ2) is 2.85. The van der Waals surface area contributed by atoms with E-state index < -0.39 is 0 Å². The van der Waals surface area contributed by atoms with Crippen molar-refractivity contribution in [3.63, 3.8) is 0 Å². The Labute approximate surface area is 62.6 Å². The Kier molecular flexibility index (Phi) is 2.27. The number of likely N-dealkylation sites (tertiary alicyclic amines) is 1. The number of β-amino-alcohol motifs (C(OH)–C–C–N with tert-alkyl or cyclic N) is 1. The first-order chi connectivity index (χ1) is 4.61. The van der Waals surface area contributed by atoms with Gasteiger partial charge in [0, 0.05) is 25.7 Å². The van der Waals surface area contributed by atoms with Crippen molar-refractivity contribution in [3.8, 4) is 0 Å². The summed E-state index contributed by atoms with van der Waals surface area (Å²) in [5.74, 6) is 0.0454. The van der Waals surface area contributed by atoms with Gasteiger partial charge in [0.15, 0.2) is 0 Å². The predicted octanol–water partition coefficient (Wildman–Crippen LogP) is -0.547. The molecule has 10 heavy (non-hydrogen) atoms. The number of rotatable bonds is 0. The van der Waals surface area contributed by atoms with Gasteiger partial charge in [-0.1, -0.05) is 0 Å². The SMILES string of the molecule is CC(=O)N1CC(P)[C@H](O)C1. The molecule has 0 aromatic heterocycles. The summed E-state index contributed by atoms with van der Waals surface area (Å²) in [5.41, 5.74) is 0.156. The van der Waals surface area contributed by atoms with Gasteiger partial charge in [-0.25, -0.2) is 0 Å². The van der Waals surface area contributed by atoms with Crippen LogP contribution in [0.15, 0.2) is 0 Å². The molecule has 1 heterocycles. The van der Waals surface area contributed by atoms with Gasteiger partial charge in [0.25, 0.3) is 0 Å². The second-order valence-electron chi connectivity index (χ2n) is 2.66. The van der Waals surface area contributed by atoms with Gasteiger partial charge in [0.1, 0.15) is 0 Å². The molecule has 0 aliphatic carbocycles. The largest absolute Gasteiger partial charge is 0.391 e. The van der Waals surface area contributed by atoms with E-state index in [2.05, 4.69) is 9.24 Å². The molecular formula is C6H12NO2P. The summed E-state index contributed by atoms with van der Waals surface area (Å²) in [6.07, 6.45) is -0.353. The molecule has 1 aliphatic heterocycles. The molecule has 1 rings (SSSR count). The highest BCUT2D eigenvalue weighted by molar-refractivity contribution is 7.17. The van der Waals surface area contributed by atoms with E-state index in [0.717, 1.165) is 0 Å². The summed E-state index contributed by atoms with van der Waals surface area (Å²) >= 11 is 0. The lowest BCUT2D eigenvalue weighted by Gasteiger charge is -2.11. The molecule has 2 unspecified atom stereocenters. The van der Waals surface area contributed by atoms with Crippen LogP contribution >= 0.6 is 9.24 Å². The molecule has 1 saturated heterocycles. The Balaban J connectivity index is 2.49. The molecule has 3 atom stereocenters. The fourth-order valence-corrected chi connectivity index (χ4v) is 1.45. The van der Waals surface area contributed by atoms with Crippen LogP contribution in [-0.2, 0) is 4.79 Å². The maximum Gasteiger partial charge on any atom is 0.219 e. The zero-order chi connectivity index (χ0) is 7.72. The first-order valence-electron chi connectivity index (χ1n) is 3.30. The normalized spacial score (nSPS) is 32.9.